The second kappa shape index (κ2) is 13.3. The SMILES string of the molecule is c1ccc(-c2ccccc2N(c2ccc(-c3ccc4c(c3)c3ccccc3n4-c3ccccc3)cc2)c2ccc3c(c2)C2(Cc4ccccc4C2)c2ccccc2-3)cc1. The summed E-state index contributed by atoms with van der Waals surface area (Å²) in [6, 6.07) is 80.6. The van der Waals surface area contributed by atoms with Gasteiger partial charge in [-0.05, 0) is 124 Å². The van der Waals surface area contributed by atoms with Crippen LogP contribution in [0.1, 0.15) is 22.3 Å². The molecule has 0 atom stereocenters. The second-order valence-corrected chi connectivity index (χ2v) is 16.2. The van der Waals surface area contributed by atoms with E-state index in [1.165, 1.54) is 83.1 Å². The first kappa shape index (κ1) is 33.7. The topological polar surface area (TPSA) is 8.17 Å². The number of hydrogen-bond donors (Lipinski definition) is 0. The van der Waals surface area contributed by atoms with Crippen LogP contribution in [-0.4, -0.2) is 4.57 Å². The number of benzene rings is 9. The molecule has 0 bridgehead atoms. The van der Waals surface area contributed by atoms with Gasteiger partial charge in [0.1, 0.15) is 0 Å². The molecule has 0 radical (unpaired) electrons. The zero-order chi connectivity index (χ0) is 38.9. The van der Waals surface area contributed by atoms with Gasteiger partial charge in [-0.25, -0.2) is 0 Å². The van der Waals surface area contributed by atoms with E-state index >= 15 is 0 Å². The zero-order valence-electron chi connectivity index (χ0n) is 32.6. The van der Waals surface area contributed by atoms with E-state index in [4.69, 9.17) is 0 Å². The lowest BCUT2D eigenvalue weighted by Gasteiger charge is -2.31. The molecule has 0 saturated carbocycles. The summed E-state index contributed by atoms with van der Waals surface area (Å²) < 4.78 is 2.38. The minimum Gasteiger partial charge on any atom is -0.310 e. The van der Waals surface area contributed by atoms with Crippen molar-refractivity contribution in [2.45, 2.75) is 18.3 Å². The van der Waals surface area contributed by atoms with E-state index in [9.17, 15) is 0 Å². The average Bonchev–Trinajstić information content (AvgIpc) is 3.95. The summed E-state index contributed by atoms with van der Waals surface area (Å²) in [6.07, 6.45) is 2.03. The predicted molar refractivity (Wildman–Crippen MR) is 246 cm³/mol. The van der Waals surface area contributed by atoms with Crippen molar-refractivity contribution in [3.63, 3.8) is 0 Å². The summed E-state index contributed by atoms with van der Waals surface area (Å²) in [5.74, 6) is 0. The third kappa shape index (κ3) is 5.26. The Morgan fingerprint density at radius 3 is 1.76 bits per heavy atom. The second-order valence-electron chi connectivity index (χ2n) is 16.2. The lowest BCUT2D eigenvalue weighted by Crippen LogP contribution is -2.26. The Balaban J connectivity index is 1.01. The van der Waals surface area contributed by atoms with Gasteiger partial charge in [-0.3, -0.25) is 0 Å². The van der Waals surface area contributed by atoms with Crippen LogP contribution in [0.5, 0.6) is 0 Å². The number of fused-ring (bicyclic) bond motifs is 9. The molecule has 0 saturated heterocycles. The molecule has 1 spiro atoms. The Bertz CT molecular complexity index is 3190. The van der Waals surface area contributed by atoms with Gasteiger partial charge >= 0.3 is 0 Å². The molecule has 0 fully saturated rings. The van der Waals surface area contributed by atoms with Gasteiger partial charge in [0.05, 0.1) is 16.7 Å². The first-order valence-electron chi connectivity index (χ1n) is 20.7. The van der Waals surface area contributed by atoms with Crippen LogP contribution in [0.4, 0.5) is 17.1 Å². The maximum Gasteiger partial charge on any atom is 0.0541 e. The molecule has 0 unspecified atom stereocenters. The fourth-order valence-corrected chi connectivity index (χ4v) is 10.3. The van der Waals surface area contributed by atoms with Gasteiger partial charge in [-0.15, -0.1) is 0 Å². The van der Waals surface area contributed by atoms with E-state index in [2.05, 4.69) is 228 Å². The Morgan fingerprint density at radius 1 is 0.373 bits per heavy atom. The van der Waals surface area contributed by atoms with E-state index in [-0.39, 0.29) is 5.41 Å². The maximum absolute atomic E-state index is 2.51. The number of rotatable bonds is 6. The molecule has 2 heteroatoms. The van der Waals surface area contributed by atoms with Gasteiger partial charge < -0.3 is 9.47 Å². The first-order chi connectivity index (χ1) is 29.2. The number of hydrogen-bond acceptors (Lipinski definition) is 1. The standard InChI is InChI=1S/C57H40N2/c1-3-15-40(16-4-1)47-21-10-13-25-54(47)58(46-32-33-49-48-22-9-12-24-52(48)57(53(49)36-46)37-42-17-7-8-18-43(42)38-57)45-30-27-39(28-31-45)41-29-34-56-51(35-41)50-23-11-14-26-55(50)59(56)44-19-5-2-6-20-44/h1-36H,37-38H2. The quantitative estimate of drug-likeness (QED) is 0.164. The van der Waals surface area contributed by atoms with Crippen molar-refractivity contribution in [3.05, 3.63) is 241 Å². The summed E-state index contributed by atoms with van der Waals surface area (Å²) in [5.41, 5.74) is 20.3. The molecular formula is C57H40N2. The number of nitrogens with zero attached hydrogens (tertiary/aromatic N) is 2. The third-order valence-electron chi connectivity index (χ3n) is 13.0. The molecule has 2 nitrogen and oxygen atoms in total. The largest absolute Gasteiger partial charge is 0.310 e. The average molecular weight is 753 g/mol. The maximum atomic E-state index is 2.51. The highest BCUT2D eigenvalue weighted by Crippen LogP contribution is 2.56. The van der Waals surface area contributed by atoms with Crippen LogP contribution >= 0.6 is 0 Å². The monoisotopic (exact) mass is 752 g/mol. The van der Waals surface area contributed by atoms with Crippen LogP contribution in [-0.2, 0) is 18.3 Å². The molecule has 0 amide bonds. The van der Waals surface area contributed by atoms with E-state index in [1.54, 1.807) is 0 Å². The molecule has 2 aliphatic rings. The summed E-state index contributed by atoms with van der Waals surface area (Å²) >= 11 is 0. The fourth-order valence-electron chi connectivity index (χ4n) is 10.3. The van der Waals surface area contributed by atoms with Crippen LogP contribution in [0.3, 0.4) is 0 Å². The van der Waals surface area contributed by atoms with Crippen LogP contribution in [0, 0.1) is 0 Å². The van der Waals surface area contributed by atoms with Crippen LogP contribution < -0.4 is 4.90 Å². The zero-order valence-corrected chi connectivity index (χ0v) is 32.6. The van der Waals surface area contributed by atoms with Crippen molar-refractivity contribution in [1.82, 2.24) is 4.57 Å². The minimum atomic E-state index is -0.0949. The van der Waals surface area contributed by atoms with Gasteiger partial charge in [-0.1, -0.05) is 158 Å². The molecule has 9 aromatic carbocycles. The van der Waals surface area contributed by atoms with Crippen molar-refractivity contribution in [3.8, 4) is 39.1 Å². The van der Waals surface area contributed by atoms with Crippen molar-refractivity contribution < 1.29 is 0 Å². The lowest BCUT2D eigenvalue weighted by atomic mass is 9.75. The Morgan fingerprint density at radius 2 is 0.966 bits per heavy atom. The normalized spacial score (nSPS) is 13.4. The highest BCUT2D eigenvalue weighted by atomic mass is 15.1. The predicted octanol–water partition coefficient (Wildman–Crippen LogP) is 14.7. The van der Waals surface area contributed by atoms with Gasteiger partial charge in [-0.2, -0.15) is 0 Å². The number of aromatic nitrogens is 1. The van der Waals surface area contributed by atoms with E-state index < -0.39 is 0 Å². The molecule has 0 N–H and O–H groups in total. The van der Waals surface area contributed by atoms with Crippen LogP contribution in [0.2, 0.25) is 0 Å². The van der Waals surface area contributed by atoms with Crippen LogP contribution in [0.15, 0.2) is 218 Å². The highest BCUT2D eigenvalue weighted by molar-refractivity contribution is 6.10. The number of anilines is 3. The molecule has 1 aromatic heterocycles. The molecule has 10 aromatic rings. The summed E-state index contributed by atoms with van der Waals surface area (Å²) in [4.78, 5) is 2.47. The van der Waals surface area contributed by atoms with Crippen LogP contribution in [0.25, 0.3) is 60.9 Å². The number of para-hydroxylation sites is 3. The van der Waals surface area contributed by atoms with E-state index in [1.807, 2.05) is 0 Å². The Labute approximate surface area is 344 Å². The summed E-state index contributed by atoms with van der Waals surface area (Å²) in [7, 11) is 0. The van der Waals surface area contributed by atoms with Crippen molar-refractivity contribution in [2.75, 3.05) is 4.90 Å². The van der Waals surface area contributed by atoms with Crippen molar-refractivity contribution >= 4 is 38.9 Å². The summed E-state index contributed by atoms with van der Waals surface area (Å²) in [6.45, 7) is 0. The van der Waals surface area contributed by atoms with Crippen molar-refractivity contribution in [2.24, 2.45) is 0 Å². The molecular weight excluding hydrogens is 713 g/mol. The van der Waals surface area contributed by atoms with Crippen molar-refractivity contribution in [1.29, 1.82) is 0 Å². The van der Waals surface area contributed by atoms with Gasteiger partial charge in [0, 0.05) is 38.8 Å². The first-order valence-corrected chi connectivity index (χ1v) is 20.7. The van der Waals surface area contributed by atoms with E-state index in [0.29, 0.717) is 0 Å². The summed E-state index contributed by atoms with van der Waals surface area (Å²) in [5, 5.41) is 2.52. The molecule has 59 heavy (non-hydrogen) atoms. The van der Waals surface area contributed by atoms with Gasteiger partial charge in [0.25, 0.3) is 0 Å². The van der Waals surface area contributed by atoms with E-state index in [0.717, 1.165) is 29.9 Å². The minimum absolute atomic E-state index is 0.0949. The van der Waals surface area contributed by atoms with Gasteiger partial charge in [0.2, 0.25) is 0 Å². The lowest BCUT2D eigenvalue weighted by molar-refractivity contribution is 0.563. The molecule has 278 valence electrons. The highest BCUT2D eigenvalue weighted by Gasteiger charge is 2.47. The fraction of sp³-hybridized carbons (Fsp3) is 0.0526. The molecule has 0 aliphatic heterocycles. The molecule has 1 heterocycles. The van der Waals surface area contributed by atoms with Gasteiger partial charge in [0.15, 0.2) is 0 Å². The molecule has 12 rings (SSSR count). The smallest absolute Gasteiger partial charge is 0.0541 e. The molecule has 2 aliphatic carbocycles. The third-order valence-corrected chi connectivity index (χ3v) is 13.0. The Hall–Kier alpha value is -7.42. The Kier molecular flexibility index (Phi) is 7.61.